The molecule has 0 atom stereocenters. The number of H-pyrrole nitrogens is 1. The monoisotopic (exact) mass is 481 g/mol. The minimum atomic E-state index is -0.0810. The van der Waals surface area contributed by atoms with Crippen molar-refractivity contribution in [1.29, 1.82) is 0 Å². The second-order valence-electron chi connectivity index (χ2n) is 8.58. The molecule has 0 spiro atoms. The van der Waals surface area contributed by atoms with E-state index >= 15 is 0 Å². The molecule has 0 saturated carbocycles. The molecule has 2 aromatic carbocycles. The molecule has 5 aromatic rings. The molecule has 1 N–H and O–H groups in total. The van der Waals surface area contributed by atoms with Crippen LogP contribution in [0.2, 0.25) is 0 Å². The zero-order chi connectivity index (χ0) is 25.1. The Balaban J connectivity index is 1.50. The van der Waals surface area contributed by atoms with E-state index in [0.29, 0.717) is 23.8 Å². The van der Waals surface area contributed by atoms with Crippen LogP contribution in [0.25, 0.3) is 28.3 Å². The minimum Gasteiger partial charge on any atom is -0.495 e. The maximum absolute atomic E-state index is 13.6. The molecule has 5 rings (SSSR count). The van der Waals surface area contributed by atoms with Crippen LogP contribution in [0.3, 0.4) is 0 Å². The van der Waals surface area contributed by atoms with Gasteiger partial charge in [0.25, 0.3) is 0 Å². The van der Waals surface area contributed by atoms with Crippen molar-refractivity contribution >= 4 is 0 Å². The van der Waals surface area contributed by atoms with E-state index in [0.717, 1.165) is 46.5 Å². The first-order valence-electron chi connectivity index (χ1n) is 11.8. The largest absolute Gasteiger partial charge is 0.495 e. The molecule has 0 saturated heterocycles. The predicted octanol–water partition coefficient (Wildman–Crippen LogP) is 4.20. The first-order valence-corrected chi connectivity index (χ1v) is 11.8. The van der Waals surface area contributed by atoms with Gasteiger partial charge in [-0.25, -0.2) is 9.89 Å². The molecule has 0 fully saturated rings. The number of rotatable bonds is 8. The zero-order valence-corrected chi connectivity index (χ0v) is 20.5. The second-order valence-corrected chi connectivity index (χ2v) is 8.58. The number of aromatic amines is 1. The number of hydrogen-bond acceptors (Lipinski definition) is 6. The van der Waals surface area contributed by atoms with E-state index in [2.05, 4.69) is 32.5 Å². The summed E-state index contributed by atoms with van der Waals surface area (Å²) in [6, 6.07) is 17.8. The molecule has 0 radical (unpaired) electrons. The van der Waals surface area contributed by atoms with Gasteiger partial charge in [0.15, 0.2) is 5.82 Å². The van der Waals surface area contributed by atoms with E-state index in [1.165, 1.54) is 0 Å². The smallest absolute Gasteiger partial charge is 0.333 e. The fourth-order valence-electron chi connectivity index (χ4n) is 4.48. The third kappa shape index (κ3) is 4.31. The van der Waals surface area contributed by atoms with Crippen molar-refractivity contribution in [2.24, 2.45) is 0 Å². The van der Waals surface area contributed by atoms with E-state index in [4.69, 9.17) is 4.74 Å². The van der Waals surface area contributed by atoms with E-state index in [-0.39, 0.29) is 5.69 Å². The normalized spacial score (nSPS) is 11.1. The molecule has 3 aromatic heterocycles. The van der Waals surface area contributed by atoms with Gasteiger partial charge in [0.2, 0.25) is 0 Å². The maximum atomic E-state index is 13.6. The highest BCUT2D eigenvalue weighted by molar-refractivity contribution is 5.77. The Morgan fingerprint density at radius 3 is 2.61 bits per heavy atom. The Labute approximate surface area is 208 Å². The van der Waals surface area contributed by atoms with Crippen LogP contribution in [-0.2, 0) is 13.0 Å². The summed E-state index contributed by atoms with van der Waals surface area (Å²) in [6.07, 6.45) is 5.40. The molecule has 36 heavy (non-hydrogen) atoms. The summed E-state index contributed by atoms with van der Waals surface area (Å²) in [5, 5.41) is 14.1. The number of para-hydroxylation sites is 1. The number of ether oxygens (including phenoxy) is 1. The van der Waals surface area contributed by atoms with Gasteiger partial charge in [-0.1, -0.05) is 55.8 Å². The summed E-state index contributed by atoms with van der Waals surface area (Å²) in [6.45, 7) is 4.58. The average molecular weight is 482 g/mol. The summed E-state index contributed by atoms with van der Waals surface area (Å²) < 4.78 is 9.12. The zero-order valence-electron chi connectivity index (χ0n) is 20.5. The van der Waals surface area contributed by atoms with Gasteiger partial charge < -0.3 is 4.74 Å². The Bertz CT molecular complexity index is 1530. The molecule has 0 aliphatic rings. The van der Waals surface area contributed by atoms with Gasteiger partial charge in [0.1, 0.15) is 11.4 Å². The van der Waals surface area contributed by atoms with E-state index in [9.17, 15) is 4.79 Å². The van der Waals surface area contributed by atoms with Gasteiger partial charge in [-0.15, -0.1) is 5.10 Å². The number of imidazole rings is 1. The number of methoxy groups -OCH3 is 1. The highest BCUT2D eigenvalue weighted by atomic mass is 16.5. The highest BCUT2D eigenvalue weighted by Crippen LogP contribution is 2.29. The Kier molecular flexibility index (Phi) is 6.44. The Morgan fingerprint density at radius 2 is 1.89 bits per heavy atom. The summed E-state index contributed by atoms with van der Waals surface area (Å²) in [5.74, 6) is 1.19. The van der Waals surface area contributed by atoms with Crippen molar-refractivity contribution in [3.8, 4) is 34.1 Å². The average Bonchev–Trinajstić information content (AvgIpc) is 3.54. The predicted molar refractivity (Wildman–Crippen MR) is 137 cm³/mol. The number of nitrogens with zero attached hydrogens (tertiary/aromatic N) is 6. The van der Waals surface area contributed by atoms with Crippen molar-refractivity contribution in [3.05, 3.63) is 94.3 Å². The second kappa shape index (κ2) is 9.99. The van der Waals surface area contributed by atoms with Gasteiger partial charge >= 0.3 is 5.69 Å². The SMILES string of the molecule is CCCc1cn(-c2c(C)cccc2OC)c(=O)n1Cc1ccc(-c2cccnc2-c2nnn[nH]2)cc1. The topological polar surface area (TPSA) is 104 Å². The lowest BCUT2D eigenvalue weighted by Crippen LogP contribution is -2.25. The number of aromatic nitrogens is 7. The lowest BCUT2D eigenvalue weighted by Gasteiger charge is -2.11. The number of benzene rings is 2. The molecule has 182 valence electrons. The molecular formula is C27H27N7O2. The molecule has 0 bridgehead atoms. The maximum Gasteiger partial charge on any atom is 0.333 e. The van der Waals surface area contributed by atoms with Crippen LogP contribution < -0.4 is 10.4 Å². The number of hydrogen-bond donors (Lipinski definition) is 1. The van der Waals surface area contributed by atoms with Crippen LogP contribution in [-0.4, -0.2) is 41.9 Å². The fraction of sp³-hybridized carbons (Fsp3) is 0.222. The highest BCUT2D eigenvalue weighted by Gasteiger charge is 2.17. The molecule has 9 nitrogen and oxygen atoms in total. The van der Waals surface area contributed by atoms with Gasteiger partial charge in [0.05, 0.1) is 19.3 Å². The molecule has 0 amide bonds. The Morgan fingerprint density at radius 1 is 1.06 bits per heavy atom. The third-order valence-corrected chi connectivity index (χ3v) is 6.21. The van der Waals surface area contributed by atoms with Crippen molar-refractivity contribution in [1.82, 2.24) is 34.7 Å². The molecular weight excluding hydrogens is 454 g/mol. The summed E-state index contributed by atoms with van der Waals surface area (Å²) >= 11 is 0. The standard InChI is InChI=1S/C27H27N7O2/c1-4-7-21-17-34(25-18(2)8-5-10-23(25)36-3)27(35)33(21)16-19-11-13-20(14-12-19)22-9-6-15-28-24(22)26-29-31-32-30-26/h5-6,8-15,17H,4,7,16H2,1-3H3,(H,29,30,31,32). The number of tetrazole rings is 1. The van der Waals surface area contributed by atoms with E-state index < -0.39 is 0 Å². The number of pyridine rings is 1. The molecule has 9 heteroatoms. The number of aryl methyl sites for hydroxylation is 2. The van der Waals surface area contributed by atoms with Crippen LogP contribution in [0, 0.1) is 6.92 Å². The third-order valence-electron chi connectivity index (χ3n) is 6.21. The van der Waals surface area contributed by atoms with Crippen LogP contribution >= 0.6 is 0 Å². The minimum absolute atomic E-state index is 0.0810. The van der Waals surface area contributed by atoms with Crippen molar-refractivity contribution in [2.75, 3.05) is 7.11 Å². The molecule has 3 heterocycles. The van der Waals surface area contributed by atoms with Crippen molar-refractivity contribution < 1.29 is 4.74 Å². The van der Waals surface area contributed by atoms with Crippen LogP contribution in [0.1, 0.15) is 30.2 Å². The summed E-state index contributed by atoms with van der Waals surface area (Å²) in [4.78, 5) is 18.0. The lowest BCUT2D eigenvalue weighted by atomic mass is 10.0. The van der Waals surface area contributed by atoms with E-state index in [1.54, 1.807) is 17.9 Å². The van der Waals surface area contributed by atoms with Gasteiger partial charge in [-0.3, -0.25) is 14.1 Å². The van der Waals surface area contributed by atoms with E-state index in [1.807, 2.05) is 72.3 Å². The van der Waals surface area contributed by atoms with Gasteiger partial charge in [-0.2, -0.15) is 0 Å². The van der Waals surface area contributed by atoms with Crippen LogP contribution in [0.5, 0.6) is 5.75 Å². The number of nitrogens with one attached hydrogen (secondary N) is 1. The summed E-state index contributed by atoms with van der Waals surface area (Å²) in [7, 11) is 1.63. The quantitative estimate of drug-likeness (QED) is 0.356. The van der Waals surface area contributed by atoms with Crippen LogP contribution in [0.15, 0.2) is 71.8 Å². The van der Waals surface area contributed by atoms with Crippen molar-refractivity contribution in [3.63, 3.8) is 0 Å². The van der Waals surface area contributed by atoms with Gasteiger partial charge in [-0.05, 0) is 52.6 Å². The molecule has 0 unspecified atom stereocenters. The first-order chi connectivity index (χ1) is 17.6. The lowest BCUT2D eigenvalue weighted by molar-refractivity contribution is 0.412. The molecule has 0 aliphatic carbocycles. The van der Waals surface area contributed by atoms with Crippen molar-refractivity contribution in [2.45, 2.75) is 33.2 Å². The molecule has 0 aliphatic heterocycles. The summed E-state index contributed by atoms with van der Waals surface area (Å²) in [5.41, 5.74) is 6.29. The van der Waals surface area contributed by atoms with Crippen LogP contribution in [0.4, 0.5) is 0 Å². The Hall–Kier alpha value is -4.53. The fourth-order valence-corrected chi connectivity index (χ4v) is 4.48. The first kappa shape index (κ1) is 23.2. The van der Waals surface area contributed by atoms with Gasteiger partial charge in [0, 0.05) is 23.7 Å².